The molecule has 132 valence electrons. The molecule has 0 aliphatic rings. The number of alkyl halides is 3. The lowest BCUT2D eigenvalue weighted by Crippen LogP contribution is -2.48. The van der Waals surface area contributed by atoms with Crippen LogP contribution in [0.15, 0.2) is 4.99 Å². The van der Waals surface area contributed by atoms with E-state index in [1.807, 2.05) is 27.7 Å². The third-order valence-corrected chi connectivity index (χ3v) is 2.25. The van der Waals surface area contributed by atoms with Gasteiger partial charge in [0.1, 0.15) is 0 Å². The molecule has 0 aromatic heterocycles. The largest absolute Gasteiger partial charge is 0.390 e. The molecule has 0 heterocycles. The predicted molar refractivity (Wildman–Crippen MR) is 92.6 cm³/mol. The molecule has 1 amide bonds. The Morgan fingerprint density at radius 2 is 1.77 bits per heavy atom. The zero-order valence-electron chi connectivity index (χ0n) is 13.7. The average molecular weight is 438 g/mol. The maximum Gasteiger partial charge on any atom is 0.390 e. The SMILES string of the molecule is CCNC(=NCCC(F)(F)F)N(C)CC(=O)NC(C)(C)C.I. The van der Waals surface area contributed by atoms with Gasteiger partial charge in [-0.3, -0.25) is 9.79 Å². The Morgan fingerprint density at radius 3 is 2.18 bits per heavy atom. The van der Waals surface area contributed by atoms with E-state index in [1.54, 1.807) is 7.05 Å². The minimum Gasteiger partial charge on any atom is -0.357 e. The predicted octanol–water partition coefficient (Wildman–Crippen LogP) is 2.37. The van der Waals surface area contributed by atoms with E-state index in [9.17, 15) is 18.0 Å². The van der Waals surface area contributed by atoms with Gasteiger partial charge in [0, 0.05) is 19.1 Å². The highest BCUT2D eigenvalue weighted by Crippen LogP contribution is 2.18. The van der Waals surface area contributed by atoms with Gasteiger partial charge in [0.15, 0.2) is 5.96 Å². The molecule has 0 rings (SSSR count). The van der Waals surface area contributed by atoms with Crippen LogP contribution in [0.4, 0.5) is 13.2 Å². The Morgan fingerprint density at radius 1 is 1.23 bits per heavy atom. The number of halogens is 4. The Kier molecular flexibility index (Phi) is 10.8. The molecule has 0 bridgehead atoms. The molecule has 9 heteroatoms. The number of carbonyl (C=O) groups excluding carboxylic acids is 1. The van der Waals surface area contributed by atoms with Crippen molar-refractivity contribution in [1.29, 1.82) is 0 Å². The molecule has 0 radical (unpaired) electrons. The fourth-order valence-electron chi connectivity index (χ4n) is 1.51. The molecule has 0 aliphatic carbocycles. The third-order valence-electron chi connectivity index (χ3n) is 2.25. The van der Waals surface area contributed by atoms with E-state index >= 15 is 0 Å². The van der Waals surface area contributed by atoms with Crippen molar-refractivity contribution in [3.63, 3.8) is 0 Å². The van der Waals surface area contributed by atoms with Crippen LogP contribution in [-0.4, -0.2) is 55.2 Å². The summed E-state index contributed by atoms with van der Waals surface area (Å²) in [5.41, 5.74) is -0.357. The fraction of sp³-hybridized carbons (Fsp3) is 0.846. The van der Waals surface area contributed by atoms with E-state index < -0.39 is 12.6 Å². The molecule has 0 aliphatic heterocycles. The minimum atomic E-state index is -4.23. The van der Waals surface area contributed by atoms with Gasteiger partial charge in [0.05, 0.1) is 19.5 Å². The third kappa shape index (κ3) is 13.0. The first-order chi connectivity index (χ1) is 9.44. The van der Waals surface area contributed by atoms with Gasteiger partial charge in [0.2, 0.25) is 5.91 Å². The number of hydrogen-bond donors (Lipinski definition) is 2. The number of nitrogens with one attached hydrogen (secondary N) is 2. The van der Waals surface area contributed by atoms with Crippen molar-refractivity contribution < 1.29 is 18.0 Å². The summed E-state index contributed by atoms with van der Waals surface area (Å²) >= 11 is 0. The van der Waals surface area contributed by atoms with Crippen LogP contribution in [0.1, 0.15) is 34.1 Å². The fourth-order valence-corrected chi connectivity index (χ4v) is 1.51. The highest BCUT2D eigenvalue weighted by Gasteiger charge is 2.26. The maximum atomic E-state index is 12.1. The summed E-state index contributed by atoms with van der Waals surface area (Å²) < 4.78 is 36.4. The topological polar surface area (TPSA) is 56.7 Å². The van der Waals surface area contributed by atoms with Crippen LogP contribution in [0.2, 0.25) is 0 Å². The Hall–Kier alpha value is -0.740. The number of aliphatic imine (C=N–C) groups is 1. The molecular weight excluding hydrogens is 412 g/mol. The van der Waals surface area contributed by atoms with E-state index in [-0.39, 0.29) is 54.5 Å². The molecule has 0 unspecified atom stereocenters. The van der Waals surface area contributed by atoms with E-state index in [2.05, 4.69) is 15.6 Å². The highest BCUT2D eigenvalue weighted by atomic mass is 127. The van der Waals surface area contributed by atoms with Crippen molar-refractivity contribution in [2.24, 2.45) is 4.99 Å². The Bertz CT molecular complexity index is 367. The molecule has 22 heavy (non-hydrogen) atoms. The van der Waals surface area contributed by atoms with E-state index in [0.717, 1.165) is 0 Å². The molecule has 2 N–H and O–H groups in total. The summed E-state index contributed by atoms with van der Waals surface area (Å²) in [5.74, 6) is 0.0669. The van der Waals surface area contributed by atoms with E-state index in [0.29, 0.717) is 6.54 Å². The first-order valence-electron chi connectivity index (χ1n) is 6.82. The van der Waals surface area contributed by atoms with Crippen LogP contribution >= 0.6 is 24.0 Å². The quantitative estimate of drug-likeness (QED) is 0.394. The summed E-state index contributed by atoms with van der Waals surface area (Å²) in [4.78, 5) is 17.2. The average Bonchev–Trinajstić information content (AvgIpc) is 2.23. The van der Waals surface area contributed by atoms with Crippen LogP contribution in [0.25, 0.3) is 0 Å². The second-order valence-electron chi connectivity index (χ2n) is 5.76. The number of rotatable bonds is 5. The van der Waals surface area contributed by atoms with Crippen molar-refractivity contribution in [3.05, 3.63) is 0 Å². The summed E-state index contributed by atoms with van der Waals surface area (Å²) in [6, 6.07) is 0. The number of carbonyl (C=O) groups is 1. The molecule has 0 aromatic rings. The van der Waals surface area contributed by atoms with Crippen LogP contribution < -0.4 is 10.6 Å². The number of amides is 1. The van der Waals surface area contributed by atoms with Gasteiger partial charge in [-0.25, -0.2) is 0 Å². The van der Waals surface area contributed by atoms with Gasteiger partial charge >= 0.3 is 6.18 Å². The molecule has 0 atom stereocenters. The molecule has 0 saturated heterocycles. The summed E-state index contributed by atoms with van der Waals surface area (Å²) in [6.45, 7) is 7.54. The second kappa shape index (κ2) is 10.1. The standard InChI is InChI=1S/C13H25F3N4O.HI/c1-6-17-11(18-8-7-13(14,15)16)20(5)9-10(21)19-12(2,3)4;/h6-9H2,1-5H3,(H,17,18)(H,19,21);1H. The van der Waals surface area contributed by atoms with Gasteiger partial charge < -0.3 is 15.5 Å². The molecule has 0 aromatic carbocycles. The highest BCUT2D eigenvalue weighted by molar-refractivity contribution is 14.0. The molecule has 0 saturated carbocycles. The first-order valence-corrected chi connectivity index (χ1v) is 6.82. The van der Waals surface area contributed by atoms with Gasteiger partial charge in [-0.2, -0.15) is 13.2 Å². The lowest BCUT2D eigenvalue weighted by atomic mass is 10.1. The Balaban J connectivity index is 0. The number of likely N-dealkylation sites (N-methyl/N-ethyl adjacent to an activating group) is 1. The van der Waals surface area contributed by atoms with Gasteiger partial charge in [-0.15, -0.1) is 24.0 Å². The lowest BCUT2D eigenvalue weighted by molar-refractivity contribution is -0.132. The smallest absolute Gasteiger partial charge is 0.357 e. The van der Waals surface area contributed by atoms with E-state index in [4.69, 9.17) is 0 Å². The molecule has 0 fully saturated rings. The van der Waals surface area contributed by atoms with Crippen molar-refractivity contribution in [2.45, 2.75) is 45.8 Å². The van der Waals surface area contributed by atoms with Crippen molar-refractivity contribution >= 4 is 35.8 Å². The van der Waals surface area contributed by atoms with Crippen LogP contribution in [0.5, 0.6) is 0 Å². The van der Waals surface area contributed by atoms with Gasteiger partial charge in [-0.05, 0) is 27.7 Å². The molecule has 0 spiro atoms. The molecule has 5 nitrogen and oxygen atoms in total. The number of guanidine groups is 1. The lowest BCUT2D eigenvalue weighted by Gasteiger charge is -2.25. The van der Waals surface area contributed by atoms with Gasteiger partial charge in [0.25, 0.3) is 0 Å². The van der Waals surface area contributed by atoms with Crippen molar-refractivity contribution in [3.8, 4) is 0 Å². The Labute approximate surface area is 147 Å². The summed E-state index contributed by atoms with van der Waals surface area (Å²) in [7, 11) is 1.61. The second-order valence-corrected chi connectivity index (χ2v) is 5.76. The van der Waals surface area contributed by atoms with Crippen LogP contribution in [-0.2, 0) is 4.79 Å². The van der Waals surface area contributed by atoms with Crippen LogP contribution in [0.3, 0.4) is 0 Å². The van der Waals surface area contributed by atoms with Gasteiger partial charge in [-0.1, -0.05) is 0 Å². The van der Waals surface area contributed by atoms with Crippen LogP contribution in [0, 0.1) is 0 Å². The maximum absolute atomic E-state index is 12.1. The minimum absolute atomic E-state index is 0. The monoisotopic (exact) mass is 438 g/mol. The number of nitrogens with zero attached hydrogens (tertiary/aromatic N) is 2. The van der Waals surface area contributed by atoms with E-state index in [1.165, 1.54) is 4.90 Å². The summed E-state index contributed by atoms with van der Waals surface area (Å²) in [5, 5.41) is 5.65. The van der Waals surface area contributed by atoms with Crippen molar-refractivity contribution in [1.82, 2.24) is 15.5 Å². The number of hydrogen-bond acceptors (Lipinski definition) is 2. The first kappa shape index (κ1) is 23.5. The van der Waals surface area contributed by atoms with Crippen molar-refractivity contribution in [2.75, 3.05) is 26.7 Å². The summed E-state index contributed by atoms with van der Waals surface area (Å²) in [6.07, 6.45) is -5.22. The normalized spacial score (nSPS) is 12.5. The zero-order chi connectivity index (χ0) is 16.7. The molecular formula is C13H26F3IN4O. The zero-order valence-corrected chi connectivity index (χ0v) is 16.0.